The van der Waals surface area contributed by atoms with E-state index in [2.05, 4.69) is 84.5 Å². The first kappa shape index (κ1) is 25.8. The lowest BCUT2D eigenvalue weighted by molar-refractivity contribution is -0.126. The summed E-state index contributed by atoms with van der Waals surface area (Å²) in [4.78, 5) is 25.0. The number of nitrogens with one attached hydrogen (secondary N) is 2. The van der Waals surface area contributed by atoms with Crippen LogP contribution >= 0.6 is 11.8 Å². The molecule has 0 bridgehead atoms. The summed E-state index contributed by atoms with van der Waals surface area (Å²) in [6.07, 6.45) is 13.2. The maximum Gasteiger partial charge on any atom is 0.225 e. The Morgan fingerprint density at radius 1 is 1.12 bits per heavy atom. The summed E-state index contributed by atoms with van der Waals surface area (Å²) >= 11 is 1.69. The standard InChI is InChI=1S/C29H36N2O2S/c1-3-12-25(19-24-16-11-15-23-14-8-9-17-26(23)24)29(33)31-28(30-21-32)27-20-34-18-10-6-4-5-7-13-22(27)2/h6-11,13-17,20-22,25,28H,3-5,12,18-19H2,1-2H3,(H,30,32)(H,31,33)/b10-6-,13-7-,27-20+/t22?,25-,28-/m1/s1. The number of hydrogen-bond acceptors (Lipinski definition) is 3. The molecule has 0 saturated carbocycles. The van der Waals surface area contributed by atoms with Crippen molar-refractivity contribution in [1.82, 2.24) is 10.6 Å². The van der Waals surface area contributed by atoms with Gasteiger partial charge in [0.25, 0.3) is 0 Å². The fourth-order valence-electron chi connectivity index (χ4n) is 4.39. The van der Waals surface area contributed by atoms with Crippen LogP contribution < -0.4 is 10.6 Å². The maximum atomic E-state index is 13.5. The predicted octanol–water partition coefficient (Wildman–Crippen LogP) is 6.15. The molecule has 1 aliphatic heterocycles. The molecule has 1 unspecified atom stereocenters. The Morgan fingerprint density at radius 3 is 2.74 bits per heavy atom. The molecule has 0 spiro atoms. The van der Waals surface area contributed by atoms with Gasteiger partial charge in [0.15, 0.2) is 0 Å². The van der Waals surface area contributed by atoms with E-state index in [9.17, 15) is 9.59 Å². The molecule has 0 aromatic heterocycles. The zero-order chi connectivity index (χ0) is 24.2. The fraction of sp³-hybridized carbons (Fsp3) is 0.379. The third-order valence-electron chi connectivity index (χ3n) is 6.24. The average molecular weight is 477 g/mol. The molecule has 0 aliphatic carbocycles. The zero-order valence-corrected chi connectivity index (χ0v) is 21.0. The van der Waals surface area contributed by atoms with Crippen LogP contribution in [0.25, 0.3) is 10.8 Å². The van der Waals surface area contributed by atoms with Gasteiger partial charge in [0.05, 0.1) is 0 Å². The Morgan fingerprint density at radius 2 is 1.91 bits per heavy atom. The van der Waals surface area contributed by atoms with Crippen molar-refractivity contribution in [3.63, 3.8) is 0 Å². The maximum absolute atomic E-state index is 13.5. The lowest BCUT2D eigenvalue weighted by Crippen LogP contribution is -2.49. The number of hydrogen-bond donors (Lipinski definition) is 2. The van der Waals surface area contributed by atoms with Crippen LogP contribution in [0.5, 0.6) is 0 Å². The largest absolute Gasteiger partial charge is 0.335 e. The van der Waals surface area contributed by atoms with Crippen LogP contribution in [0.15, 0.2) is 77.7 Å². The van der Waals surface area contributed by atoms with Crippen molar-refractivity contribution in [2.45, 2.75) is 52.1 Å². The van der Waals surface area contributed by atoms with Crippen LogP contribution in [-0.2, 0) is 16.0 Å². The molecule has 2 N–H and O–H groups in total. The highest BCUT2D eigenvalue weighted by atomic mass is 32.2. The number of benzene rings is 2. The van der Waals surface area contributed by atoms with Gasteiger partial charge in [0.1, 0.15) is 6.17 Å². The van der Waals surface area contributed by atoms with Crippen LogP contribution in [0.4, 0.5) is 0 Å². The number of allylic oxidation sites excluding steroid dienone is 3. The summed E-state index contributed by atoms with van der Waals surface area (Å²) in [6.45, 7) is 4.22. The van der Waals surface area contributed by atoms with Crippen LogP contribution in [0.2, 0.25) is 0 Å². The SMILES string of the molecule is CCC[C@H](Cc1cccc2ccccc12)C(=O)N[C@@H](NC=O)/C1=C/SC/C=C\CC/C=C\C1C. The number of carbonyl (C=O) groups excluding carboxylic acids is 2. The van der Waals surface area contributed by atoms with Gasteiger partial charge in [-0.25, -0.2) is 0 Å². The fourth-order valence-corrected chi connectivity index (χ4v) is 5.27. The van der Waals surface area contributed by atoms with Gasteiger partial charge in [0, 0.05) is 11.7 Å². The first-order valence-electron chi connectivity index (χ1n) is 12.2. The van der Waals surface area contributed by atoms with Crippen LogP contribution in [0.1, 0.15) is 45.1 Å². The van der Waals surface area contributed by atoms with Gasteiger partial charge in [-0.2, -0.15) is 0 Å². The lowest BCUT2D eigenvalue weighted by Gasteiger charge is -2.27. The minimum atomic E-state index is -0.534. The van der Waals surface area contributed by atoms with Crippen molar-refractivity contribution in [2.24, 2.45) is 11.8 Å². The van der Waals surface area contributed by atoms with Gasteiger partial charge in [-0.3, -0.25) is 9.59 Å². The molecule has 4 nitrogen and oxygen atoms in total. The number of thioether (sulfide) groups is 1. The highest BCUT2D eigenvalue weighted by Gasteiger charge is 2.25. The van der Waals surface area contributed by atoms with Crippen molar-refractivity contribution in [3.8, 4) is 0 Å². The van der Waals surface area contributed by atoms with E-state index in [-0.39, 0.29) is 17.7 Å². The molecule has 0 radical (unpaired) electrons. The Kier molecular flexibility index (Phi) is 10.5. The first-order valence-corrected chi connectivity index (χ1v) is 13.3. The zero-order valence-electron chi connectivity index (χ0n) is 20.2. The van der Waals surface area contributed by atoms with Crippen LogP contribution in [0.3, 0.4) is 0 Å². The highest BCUT2D eigenvalue weighted by molar-refractivity contribution is 8.02. The van der Waals surface area contributed by atoms with Gasteiger partial charge in [0.2, 0.25) is 12.3 Å². The molecule has 0 fully saturated rings. The van der Waals surface area contributed by atoms with E-state index in [1.807, 2.05) is 12.1 Å². The monoisotopic (exact) mass is 476 g/mol. The molecule has 34 heavy (non-hydrogen) atoms. The number of fused-ring (bicyclic) bond motifs is 1. The lowest BCUT2D eigenvalue weighted by atomic mass is 9.90. The van der Waals surface area contributed by atoms with Gasteiger partial charge in [-0.15, -0.1) is 11.8 Å². The topological polar surface area (TPSA) is 58.2 Å². The molecular weight excluding hydrogens is 440 g/mol. The third-order valence-corrected chi connectivity index (χ3v) is 7.06. The second-order valence-corrected chi connectivity index (χ2v) is 9.67. The summed E-state index contributed by atoms with van der Waals surface area (Å²) in [5, 5.41) is 10.5. The molecular formula is C29H36N2O2S. The molecule has 1 aliphatic rings. The predicted molar refractivity (Wildman–Crippen MR) is 144 cm³/mol. The summed E-state index contributed by atoms with van der Waals surface area (Å²) in [5.74, 6) is 0.783. The summed E-state index contributed by atoms with van der Waals surface area (Å²) < 4.78 is 0. The van der Waals surface area contributed by atoms with E-state index in [0.29, 0.717) is 12.8 Å². The molecule has 1 heterocycles. The molecule has 3 rings (SSSR count). The number of rotatable bonds is 9. The van der Waals surface area contributed by atoms with Gasteiger partial charge >= 0.3 is 0 Å². The smallest absolute Gasteiger partial charge is 0.225 e. The Hall–Kier alpha value is -2.79. The van der Waals surface area contributed by atoms with Crippen molar-refractivity contribution in [3.05, 3.63) is 83.3 Å². The van der Waals surface area contributed by atoms with E-state index in [4.69, 9.17) is 0 Å². The summed E-state index contributed by atoms with van der Waals surface area (Å²) in [7, 11) is 0. The molecule has 5 heteroatoms. The number of amides is 2. The average Bonchev–Trinajstić information content (AvgIpc) is 2.89. The van der Waals surface area contributed by atoms with Crippen molar-refractivity contribution in [2.75, 3.05) is 5.75 Å². The third kappa shape index (κ3) is 7.36. The molecule has 2 aromatic rings. The Labute approximate surface area is 208 Å². The Balaban J connectivity index is 1.82. The van der Waals surface area contributed by atoms with Gasteiger partial charge in [-0.05, 0) is 58.9 Å². The second kappa shape index (κ2) is 13.8. The first-order chi connectivity index (χ1) is 16.6. The van der Waals surface area contributed by atoms with Gasteiger partial charge in [-0.1, -0.05) is 87.0 Å². The molecule has 2 aromatic carbocycles. The van der Waals surface area contributed by atoms with Crippen molar-refractivity contribution < 1.29 is 9.59 Å². The van der Waals surface area contributed by atoms with Crippen molar-refractivity contribution in [1.29, 1.82) is 0 Å². The van der Waals surface area contributed by atoms with E-state index in [1.165, 1.54) is 16.3 Å². The molecule has 180 valence electrons. The van der Waals surface area contributed by atoms with E-state index < -0.39 is 6.17 Å². The molecule has 3 atom stereocenters. The van der Waals surface area contributed by atoms with Crippen LogP contribution in [0, 0.1) is 11.8 Å². The normalized spacial score (nSPS) is 21.8. The minimum absolute atomic E-state index is 0.0228. The minimum Gasteiger partial charge on any atom is -0.335 e. The summed E-state index contributed by atoms with van der Waals surface area (Å²) in [5.41, 5.74) is 2.18. The van der Waals surface area contributed by atoms with Crippen LogP contribution in [-0.4, -0.2) is 24.2 Å². The quantitative estimate of drug-likeness (QED) is 0.259. The van der Waals surface area contributed by atoms with Gasteiger partial charge < -0.3 is 10.6 Å². The molecule has 2 amide bonds. The van der Waals surface area contributed by atoms with E-state index in [1.54, 1.807) is 11.8 Å². The molecule has 0 saturated heterocycles. The van der Waals surface area contributed by atoms with E-state index in [0.717, 1.165) is 37.0 Å². The second-order valence-electron chi connectivity index (χ2n) is 8.77. The van der Waals surface area contributed by atoms with E-state index >= 15 is 0 Å². The Bertz CT molecular complexity index is 1040. The summed E-state index contributed by atoms with van der Waals surface area (Å²) in [6, 6.07) is 14.6. The van der Waals surface area contributed by atoms with Crippen molar-refractivity contribution >= 4 is 34.9 Å². The number of carbonyl (C=O) groups is 2. The highest BCUT2D eigenvalue weighted by Crippen LogP contribution is 2.25.